The van der Waals surface area contributed by atoms with E-state index >= 15 is 0 Å². The Morgan fingerprint density at radius 1 is 1.44 bits per heavy atom. The van der Waals surface area contributed by atoms with Crippen LogP contribution in [0.5, 0.6) is 0 Å². The number of halogens is 2. The van der Waals surface area contributed by atoms with Crippen LogP contribution in [0.25, 0.3) is 11.5 Å². The van der Waals surface area contributed by atoms with Crippen LogP contribution in [0.4, 0.5) is 0 Å². The molecular formula is C11H9Cl2N3O2. The van der Waals surface area contributed by atoms with Gasteiger partial charge in [-0.25, -0.2) is 4.98 Å². The summed E-state index contributed by atoms with van der Waals surface area (Å²) in [5, 5.41) is 4.49. The third-order valence-electron chi connectivity index (χ3n) is 2.23. The highest BCUT2D eigenvalue weighted by Gasteiger charge is 2.15. The normalized spacial score (nSPS) is 10.6. The van der Waals surface area contributed by atoms with Crippen LogP contribution in [0.3, 0.4) is 0 Å². The standard InChI is InChI=1S/C11H9Cl2N3O2/c1-2-7(17)4-9-15-11(16-18-9)10-8(13)3-6(12)5-14-10/h3,5H,2,4H2,1H3. The van der Waals surface area contributed by atoms with Gasteiger partial charge in [0.25, 0.3) is 0 Å². The summed E-state index contributed by atoms with van der Waals surface area (Å²) in [5.74, 6) is 0.528. The minimum absolute atomic E-state index is 0.0281. The van der Waals surface area contributed by atoms with Crippen molar-refractivity contribution in [2.45, 2.75) is 19.8 Å². The molecule has 0 saturated carbocycles. The van der Waals surface area contributed by atoms with E-state index in [1.165, 1.54) is 6.20 Å². The van der Waals surface area contributed by atoms with Gasteiger partial charge in [-0.05, 0) is 6.07 Å². The lowest BCUT2D eigenvalue weighted by molar-refractivity contribution is -0.118. The first kappa shape index (κ1) is 13.0. The van der Waals surface area contributed by atoms with Crippen LogP contribution in [0.2, 0.25) is 10.0 Å². The molecule has 0 aliphatic heterocycles. The predicted molar refractivity (Wildman–Crippen MR) is 66.6 cm³/mol. The zero-order valence-electron chi connectivity index (χ0n) is 9.48. The fourth-order valence-electron chi connectivity index (χ4n) is 1.30. The summed E-state index contributed by atoms with van der Waals surface area (Å²) in [7, 11) is 0. The number of aromatic nitrogens is 3. The number of carbonyl (C=O) groups excluding carboxylic acids is 1. The lowest BCUT2D eigenvalue weighted by atomic mass is 10.2. The Morgan fingerprint density at radius 3 is 2.89 bits per heavy atom. The molecule has 2 heterocycles. The first-order chi connectivity index (χ1) is 8.60. The van der Waals surface area contributed by atoms with E-state index in [-0.39, 0.29) is 23.9 Å². The van der Waals surface area contributed by atoms with Gasteiger partial charge in [0.05, 0.1) is 16.5 Å². The molecule has 2 aromatic heterocycles. The van der Waals surface area contributed by atoms with E-state index in [1.807, 2.05) is 0 Å². The zero-order chi connectivity index (χ0) is 13.1. The van der Waals surface area contributed by atoms with Crippen molar-refractivity contribution in [3.63, 3.8) is 0 Å². The number of hydrogen-bond donors (Lipinski definition) is 0. The van der Waals surface area contributed by atoms with E-state index in [0.717, 1.165) is 0 Å². The number of Topliss-reactive ketones (excluding diaryl/α,β-unsaturated/α-hetero) is 1. The molecule has 0 N–H and O–H groups in total. The number of rotatable bonds is 4. The average molecular weight is 286 g/mol. The fourth-order valence-corrected chi connectivity index (χ4v) is 1.76. The summed E-state index contributed by atoms with van der Waals surface area (Å²) in [5.41, 5.74) is 0.375. The van der Waals surface area contributed by atoms with Crippen molar-refractivity contribution >= 4 is 29.0 Å². The molecule has 0 aliphatic carbocycles. The van der Waals surface area contributed by atoms with Crippen LogP contribution in [-0.4, -0.2) is 20.9 Å². The summed E-state index contributed by atoms with van der Waals surface area (Å²) < 4.78 is 4.96. The van der Waals surface area contributed by atoms with Gasteiger partial charge in [0.1, 0.15) is 11.5 Å². The summed E-state index contributed by atoms with van der Waals surface area (Å²) in [4.78, 5) is 19.3. The highest BCUT2D eigenvalue weighted by atomic mass is 35.5. The molecule has 0 fully saturated rings. The van der Waals surface area contributed by atoms with Crippen LogP contribution >= 0.6 is 23.2 Å². The second-order valence-electron chi connectivity index (χ2n) is 3.56. The molecule has 18 heavy (non-hydrogen) atoms. The Bertz CT molecular complexity index is 583. The third-order valence-corrected chi connectivity index (χ3v) is 2.73. The van der Waals surface area contributed by atoms with Gasteiger partial charge < -0.3 is 4.52 Å². The van der Waals surface area contributed by atoms with Gasteiger partial charge in [-0.3, -0.25) is 4.79 Å². The molecule has 7 heteroatoms. The van der Waals surface area contributed by atoms with Crippen LogP contribution < -0.4 is 0 Å². The Balaban J connectivity index is 2.26. The lowest BCUT2D eigenvalue weighted by Crippen LogP contribution is -2.00. The lowest BCUT2D eigenvalue weighted by Gasteiger charge is -1.97. The number of carbonyl (C=O) groups is 1. The van der Waals surface area contributed by atoms with Crippen LogP contribution in [0.15, 0.2) is 16.8 Å². The minimum Gasteiger partial charge on any atom is -0.338 e. The van der Waals surface area contributed by atoms with Gasteiger partial charge in [0.2, 0.25) is 11.7 Å². The molecule has 5 nitrogen and oxygen atoms in total. The number of nitrogens with zero attached hydrogens (tertiary/aromatic N) is 3. The van der Waals surface area contributed by atoms with Crippen molar-refractivity contribution < 1.29 is 9.32 Å². The molecule has 0 radical (unpaired) electrons. The molecule has 94 valence electrons. The van der Waals surface area contributed by atoms with E-state index in [9.17, 15) is 4.79 Å². The van der Waals surface area contributed by atoms with Crippen molar-refractivity contribution in [2.75, 3.05) is 0 Å². The molecule has 0 aromatic carbocycles. The highest BCUT2D eigenvalue weighted by molar-refractivity contribution is 6.35. The van der Waals surface area contributed by atoms with Gasteiger partial charge in [-0.2, -0.15) is 4.98 Å². The second kappa shape index (κ2) is 5.46. The Labute approximate surface area is 113 Å². The summed E-state index contributed by atoms with van der Waals surface area (Å²) in [6.07, 6.45) is 1.99. The van der Waals surface area contributed by atoms with Crippen molar-refractivity contribution in [1.29, 1.82) is 0 Å². The Kier molecular flexibility index (Phi) is 3.93. The quantitative estimate of drug-likeness (QED) is 0.864. The first-order valence-electron chi connectivity index (χ1n) is 5.26. The van der Waals surface area contributed by atoms with Crippen molar-refractivity contribution in [3.8, 4) is 11.5 Å². The summed E-state index contributed by atoms with van der Waals surface area (Å²) in [6.45, 7) is 1.78. The predicted octanol–water partition coefficient (Wildman–Crippen LogP) is 2.96. The molecule has 0 amide bonds. The Morgan fingerprint density at radius 2 is 2.22 bits per heavy atom. The van der Waals surface area contributed by atoms with E-state index in [4.69, 9.17) is 27.7 Å². The highest BCUT2D eigenvalue weighted by Crippen LogP contribution is 2.25. The molecular weight excluding hydrogens is 277 g/mol. The maximum Gasteiger partial charge on any atom is 0.234 e. The summed E-state index contributed by atoms with van der Waals surface area (Å²) >= 11 is 11.7. The molecule has 2 aromatic rings. The molecule has 0 aliphatic rings. The molecule has 2 rings (SSSR count). The smallest absolute Gasteiger partial charge is 0.234 e. The Hall–Kier alpha value is -1.46. The van der Waals surface area contributed by atoms with Crippen LogP contribution in [0, 0.1) is 0 Å². The van der Waals surface area contributed by atoms with Gasteiger partial charge in [0, 0.05) is 12.6 Å². The van der Waals surface area contributed by atoms with Crippen LogP contribution in [-0.2, 0) is 11.2 Å². The average Bonchev–Trinajstić information content (AvgIpc) is 2.77. The van der Waals surface area contributed by atoms with Crippen molar-refractivity contribution in [1.82, 2.24) is 15.1 Å². The number of ketones is 1. The van der Waals surface area contributed by atoms with Gasteiger partial charge >= 0.3 is 0 Å². The number of hydrogen-bond acceptors (Lipinski definition) is 5. The monoisotopic (exact) mass is 285 g/mol. The number of pyridine rings is 1. The summed E-state index contributed by atoms with van der Waals surface area (Å²) in [6, 6.07) is 1.54. The molecule has 0 bridgehead atoms. The topological polar surface area (TPSA) is 68.9 Å². The van der Waals surface area contributed by atoms with Crippen molar-refractivity contribution in [2.24, 2.45) is 0 Å². The zero-order valence-corrected chi connectivity index (χ0v) is 11.0. The van der Waals surface area contributed by atoms with Gasteiger partial charge in [0.15, 0.2) is 0 Å². The molecule has 0 unspecified atom stereocenters. The van der Waals surface area contributed by atoms with E-state index < -0.39 is 0 Å². The van der Waals surface area contributed by atoms with E-state index in [0.29, 0.717) is 22.2 Å². The second-order valence-corrected chi connectivity index (χ2v) is 4.41. The fraction of sp³-hybridized carbons (Fsp3) is 0.273. The van der Waals surface area contributed by atoms with Gasteiger partial charge in [-0.15, -0.1) is 0 Å². The SMILES string of the molecule is CCC(=O)Cc1nc(-c2ncc(Cl)cc2Cl)no1. The van der Waals surface area contributed by atoms with Crippen molar-refractivity contribution in [3.05, 3.63) is 28.2 Å². The molecule has 0 atom stereocenters. The van der Waals surface area contributed by atoms with Crippen LogP contribution in [0.1, 0.15) is 19.2 Å². The van der Waals surface area contributed by atoms with E-state index in [1.54, 1.807) is 13.0 Å². The third kappa shape index (κ3) is 2.86. The van der Waals surface area contributed by atoms with Gasteiger partial charge in [-0.1, -0.05) is 35.3 Å². The van der Waals surface area contributed by atoms with E-state index in [2.05, 4.69) is 15.1 Å². The maximum absolute atomic E-state index is 11.3. The minimum atomic E-state index is 0.0281. The largest absolute Gasteiger partial charge is 0.338 e. The molecule has 0 spiro atoms. The molecule has 0 saturated heterocycles. The first-order valence-corrected chi connectivity index (χ1v) is 6.01. The maximum atomic E-state index is 11.3.